The molecule has 0 unspecified atom stereocenters. The van der Waals surface area contributed by atoms with E-state index in [9.17, 15) is 14.9 Å². The third kappa shape index (κ3) is 4.17. The molecule has 0 spiro atoms. The average Bonchev–Trinajstić information content (AvgIpc) is 2.89. The predicted molar refractivity (Wildman–Crippen MR) is 95.3 cm³/mol. The van der Waals surface area contributed by atoms with Crippen molar-refractivity contribution in [1.29, 1.82) is 5.26 Å². The van der Waals surface area contributed by atoms with E-state index in [1.165, 1.54) is 7.11 Å². The quantitative estimate of drug-likeness (QED) is 0.822. The highest BCUT2D eigenvalue weighted by Gasteiger charge is 2.22. The zero-order valence-electron chi connectivity index (χ0n) is 14.4. The summed E-state index contributed by atoms with van der Waals surface area (Å²) in [5, 5.41) is 12.3. The van der Waals surface area contributed by atoms with E-state index in [1.54, 1.807) is 31.2 Å². The molecule has 6 nitrogen and oxygen atoms in total. The van der Waals surface area contributed by atoms with Crippen LogP contribution in [0, 0.1) is 18.3 Å². The fourth-order valence-electron chi connectivity index (χ4n) is 2.16. The number of rotatable bonds is 5. The van der Waals surface area contributed by atoms with Crippen LogP contribution < -0.4 is 10.1 Å². The lowest BCUT2D eigenvalue weighted by molar-refractivity contribution is 0.0605. The Kier molecular flexibility index (Phi) is 5.78. The van der Waals surface area contributed by atoms with Gasteiger partial charge in [0.15, 0.2) is 0 Å². The molecule has 130 valence electrons. The van der Waals surface area contributed by atoms with Crippen LogP contribution in [-0.2, 0) is 4.74 Å². The van der Waals surface area contributed by atoms with Gasteiger partial charge in [0, 0.05) is 5.56 Å². The molecule has 0 saturated heterocycles. The number of methoxy groups -OCH3 is 1. The van der Waals surface area contributed by atoms with Crippen LogP contribution >= 0.6 is 11.3 Å². The topological polar surface area (TPSA) is 88.4 Å². The number of amides is 1. The number of hydrogen-bond acceptors (Lipinski definition) is 6. The summed E-state index contributed by atoms with van der Waals surface area (Å²) in [4.78, 5) is 24.5. The van der Waals surface area contributed by atoms with Gasteiger partial charge in [-0.05, 0) is 50.6 Å². The molecule has 1 aromatic carbocycles. The second-order valence-corrected chi connectivity index (χ2v) is 6.53. The average molecular weight is 358 g/mol. The van der Waals surface area contributed by atoms with Crippen LogP contribution in [0.5, 0.6) is 5.75 Å². The highest BCUT2D eigenvalue weighted by molar-refractivity contribution is 7.18. The number of thiophene rings is 1. The van der Waals surface area contributed by atoms with Crippen molar-refractivity contribution in [2.24, 2.45) is 0 Å². The zero-order chi connectivity index (χ0) is 18.6. The van der Waals surface area contributed by atoms with Crippen molar-refractivity contribution in [2.75, 3.05) is 12.4 Å². The van der Waals surface area contributed by atoms with Crippen LogP contribution in [0.1, 0.15) is 45.0 Å². The second kappa shape index (κ2) is 7.81. The molecule has 2 rings (SSSR count). The van der Waals surface area contributed by atoms with Gasteiger partial charge in [0.1, 0.15) is 21.7 Å². The molecule has 1 amide bonds. The number of ether oxygens (including phenoxy) is 2. The summed E-state index contributed by atoms with van der Waals surface area (Å²) < 4.78 is 10.2. The van der Waals surface area contributed by atoms with Gasteiger partial charge < -0.3 is 14.8 Å². The van der Waals surface area contributed by atoms with E-state index in [1.807, 2.05) is 19.9 Å². The summed E-state index contributed by atoms with van der Waals surface area (Å²) in [7, 11) is 1.27. The van der Waals surface area contributed by atoms with Gasteiger partial charge in [-0.3, -0.25) is 4.79 Å². The Labute approximate surface area is 150 Å². The van der Waals surface area contributed by atoms with E-state index in [0.29, 0.717) is 26.8 Å². The van der Waals surface area contributed by atoms with Gasteiger partial charge in [0.05, 0.1) is 18.8 Å². The Balaban J connectivity index is 2.23. The third-order valence-electron chi connectivity index (χ3n) is 3.34. The van der Waals surface area contributed by atoms with Crippen molar-refractivity contribution >= 4 is 28.2 Å². The highest BCUT2D eigenvalue weighted by atomic mass is 32.1. The van der Waals surface area contributed by atoms with Crippen LogP contribution in [0.3, 0.4) is 0 Å². The number of benzene rings is 1. The maximum Gasteiger partial charge on any atom is 0.348 e. The largest absolute Gasteiger partial charge is 0.491 e. The maximum atomic E-state index is 12.4. The van der Waals surface area contributed by atoms with E-state index in [2.05, 4.69) is 5.32 Å². The molecule has 1 heterocycles. The predicted octanol–water partition coefficient (Wildman–Crippen LogP) is 3.75. The molecular weight excluding hydrogens is 340 g/mol. The van der Waals surface area contributed by atoms with Crippen LogP contribution in [0.15, 0.2) is 24.3 Å². The van der Waals surface area contributed by atoms with Gasteiger partial charge in [-0.1, -0.05) is 0 Å². The molecule has 0 bridgehead atoms. The molecule has 0 radical (unpaired) electrons. The summed E-state index contributed by atoms with van der Waals surface area (Å²) in [6.45, 7) is 5.49. The van der Waals surface area contributed by atoms with Crippen molar-refractivity contribution in [3.63, 3.8) is 0 Å². The smallest absolute Gasteiger partial charge is 0.348 e. The summed E-state index contributed by atoms with van der Waals surface area (Å²) in [5.74, 6) is -0.232. The molecule has 2 aromatic rings. The Hall–Kier alpha value is -2.85. The Morgan fingerprint density at radius 2 is 1.88 bits per heavy atom. The maximum absolute atomic E-state index is 12.4. The van der Waals surface area contributed by atoms with E-state index in [4.69, 9.17) is 9.47 Å². The van der Waals surface area contributed by atoms with Gasteiger partial charge in [-0.15, -0.1) is 11.3 Å². The number of carbonyl (C=O) groups excluding carboxylic acids is 2. The van der Waals surface area contributed by atoms with Gasteiger partial charge in [-0.25, -0.2) is 4.79 Å². The van der Waals surface area contributed by atoms with Crippen LogP contribution in [0.2, 0.25) is 0 Å². The van der Waals surface area contributed by atoms with Crippen molar-refractivity contribution < 1.29 is 19.1 Å². The lowest BCUT2D eigenvalue weighted by atomic mass is 10.1. The normalized spacial score (nSPS) is 10.2. The first-order valence-electron chi connectivity index (χ1n) is 7.57. The lowest BCUT2D eigenvalue weighted by Gasteiger charge is -2.10. The molecule has 0 aliphatic carbocycles. The Morgan fingerprint density at radius 3 is 2.40 bits per heavy atom. The second-order valence-electron chi connectivity index (χ2n) is 5.51. The van der Waals surface area contributed by atoms with Crippen molar-refractivity contribution in [3.05, 3.63) is 45.8 Å². The van der Waals surface area contributed by atoms with E-state index in [0.717, 1.165) is 11.3 Å². The minimum atomic E-state index is -0.533. The number of anilines is 1. The number of nitrogens with one attached hydrogen (secondary N) is 1. The third-order valence-corrected chi connectivity index (χ3v) is 4.53. The summed E-state index contributed by atoms with van der Waals surface area (Å²) in [6, 6.07) is 8.71. The fraction of sp³-hybridized carbons (Fsp3) is 0.278. The van der Waals surface area contributed by atoms with Gasteiger partial charge in [-0.2, -0.15) is 5.26 Å². The molecule has 7 heteroatoms. The molecule has 0 saturated carbocycles. The van der Waals surface area contributed by atoms with E-state index in [-0.39, 0.29) is 17.6 Å². The first-order valence-corrected chi connectivity index (χ1v) is 8.38. The number of nitriles is 1. The van der Waals surface area contributed by atoms with E-state index < -0.39 is 5.97 Å². The SMILES string of the molecule is COC(=O)c1sc(NC(=O)c2ccc(OC(C)C)cc2)c(C#N)c1C. The first-order chi connectivity index (χ1) is 11.9. The lowest BCUT2D eigenvalue weighted by Crippen LogP contribution is -2.12. The van der Waals surface area contributed by atoms with Gasteiger partial charge in [0.25, 0.3) is 5.91 Å². The van der Waals surface area contributed by atoms with Gasteiger partial charge >= 0.3 is 5.97 Å². The Morgan fingerprint density at radius 1 is 1.24 bits per heavy atom. The number of carbonyl (C=O) groups is 2. The minimum absolute atomic E-state index is 0.0451. The zero-order valence-corrected chi connectivity index (χ0v) is 15.2. The highest BCUT2D eigenvalue weighted by Crippen LogP contribution is 2.33. The van der Waals surface area contributed by atoms with Crippen LogP contribution in [0.25, 0.3) is 0 Å². The number of nitrogens with zero attached hydrogens (tertiary/aromatic N) is 1. The minimum Gasteiger partial charge on any atom is -0.491 e. The monoisotopic (exact) mass is 358 g/mol. The molecule has 0 aliphatic rings. The first kappa shape index (κ1) is 18.5. The summed E-state index contributed by atoms with van der Waals surface area (Å²) in [6.07, 6.45) is 0.0451. The summed E-state index contributed by atoms with van der Waals surface area (Å²) in [5.41, 5.74) is 1.18. The fourth-order valence-corrected chi connectivity index (χ4v) is 3.23. The van der Waals surface area contributed by atoms with Gasteiger partial charge in [0.2, 0.25) is 0 Å². The molecule has 0 fully saturated rings. The van der Waals surface area contributed by atoms with Crippen molar-refractivity contribution in [3.8, 4) is 11.8 Å². The molecular formula is C18H18N2O4S. The molecule has 0 atom stereocenters. The standard InChI is InChI=1S/C18H18N2O4S/c1-10(2)24-13-7-5-12(6-8-13)16(21)20-17-14(9-19)11(3)15(25-17)18(22)23-4/h5-8,10H,1-4H3,(H,20,21). The molecule has 0 aliphatic heterocycles. The number of hydrogen-bond donors (Lipinski definition) is 1. The molecule has 25 heavy (non-hydrogen) atoms. The van der Waals surface area contributed by atoms with E-state index >= 15 is 0 Å². The summed E-state index contributed by atoms with van der Waals surface area (Å²) >= 11 is 1.02. The van der Waals surface area contributed by atoms with Crippen LogP contribution in [-0.4, -0.2) is 25.1 Å². The van der Waals surface area contributed by atoms with Crippen LogP contribution in [0.4, 0.5) is 5.00 Å². The number of esters is 1. The van der Waals surface area contributed by atoms with Crippen molar-refractivity contribution in [1.82, 2.24) is 0 Å². The Bertz CT molecular complexity index is 832. The molecule has 1 N–H and O–H groups in total. The van der Waals surface area contributed by atoms with Crippen molar-refractivity contribution in [2.45, 2.75) is 26.9 Å². The molecule has 1 aromatic heterocycles.